The molecule has 0 saturated carbocycles. The minimum atomic E-state index is -3.49. The summed E-state index contributed by atoms with van der Waals surface area (Å²) in [6.07, 6.45) is 0. The second-order valence-corrected chi connectivity index (χ2v) is 5.66. The molecule has 1 aromatic carbocycles. The van der Waals surface area contributed by atoms with Crippen LogP contribution >= 0.6 is 0 Å². The molecule has 0 bridgehead atoms. The minimum absolute atomic E-state index is 0.0443. The first kappa shape index (κ1) is 11.3. The van der Waals surface area contributed by atoms with Gasteiger partial charge in [0.1, 0.15) is 5.82 Å². The largest absolute Gasteiger partial charge is 0.330 e. The number of benzene rings is 1. The molecular formula is C11H12FNO2S. The van der Waals surface area contributed by atoms with E-state index in [9.17, 15) is 12.8 Å². The average Bonchev–Trinajstić information content (AvgIpc) is 2.50. The lowest BCUT2D eigenvalue weighted by Crippen LogP contribution is -2.11. The van der Waals surface area contributed by atoms with Gasteiger partial charge >= 0.3 is 0 Å². The van der Waals surface area contributed by atoms with Crippen molar-refractivity contribution in [1.82, 2.24) is 0 Å². The number of hydrogen-bond acceptors (Lipinski definition) is 3. The smallest absolute Gasteiger partial charge is 0.200 e. The summed E-state index contributed by atoms with van der Waals surface area (Å²) >= 11 is 0. The molecule has 0 aromatic heterocycles. The highest BCUT2D eigenvalue weighted by atomic mass is 32.2. The zero-order chi connectivity index (χ0) is 11.9. The highest BCUT2D eigenvalue weighted by Gasteiger charge is 2.29. The fraction of sp³-hybridized carbons (Fsp3) is 0.273. The lowest BCUT2D eigenvalue weighted by atomic mass is 9.96. The van der Waals surface area contributed by atoms with E-state index in [0.29, 0.717) is 17.7 Å². The molecule has 1 heterocycles. The maximum Gasteiger partial charge on any atom is 0.200 e. The Bertz CT molecular complexity index is 563. The molecule has 86 valence electrons. The van der Waals surface area contributed by atoms with E-state index in [4.69, 9.17) is 5.73 Å². The van der Waals surface area contributed by atoms with Crippen molar-refractivity contribution in [3.63, 3.8) is 0 Å². The van der Waals surface area contributed by atoms with Crippen LogP contribution in [0.25, 0.3) is 5.57 Å². The Labute approximate surface area is 93.7 Å². The van der Waals surface area contributed by atoms with Crippen LogP contribution < -0.4 is 5.73 Å². The van der Waals surface area contributed by atoms with Crippen LogP contribution in [-0.2, 0) is 9.84 Å². The van der Waals surface area contributed by atoms with Gasteiger partial charge < -0.3 is 5.73 Å². The molecule has 0 amide bonds. The Hall–Kier alpha value is -1.20. The van der Waals surface area contributed by atoms with Crippen LogP contribution in [0.15, 0.2) is 28.5 Å². The van der Waals surface area contributed by atoms with Crippen molar-refractivity contribution in [2.24, 2.45) is 11.7 Å². The number of rotatable bonds is 2. The Morgan fingerprint density at radius 3 is 2.75 bits per heavy atom. The van der Waals surface area contributed by atoms with Crippen molar-refractivity contribution in [1.29, 1.82) is 0 Å². The summed E-state index contributed by atoms with van der Waals surface area (Å²) in [5, 5.41) is 1.19. The van der Waals surface area contributed by atoms with Gasteiger partial charge in [0, 0.05) is 5.41 Å². The second-order valence-electron chi connectivity index (χ2n) is 3.90. The van der Waals surface area contributed by atoms with Crippen LogP contribution in [0.2, 0.25) is 0 Å². The number of nitrogens with two attached hydrogens (primary N) is 1. The summed E-state index contributed by atoms with van der Waals surface area (Å²) in [4.78, 5) is 0.0443. The molecule has 3 nitrogen and oxygen atoms in total. The Kier molecular flexibility index (Phi) is 2.59. The molecule has 0 fully saturated rings. The Morgan fingerprint density at radius 1 is 1.44 bits per heavy atom. The van der Waals surface area contributed by atoms with E-state index in [0.717, 1.165) is 6.07 Å². The van der Waals surface area contributed by atoms with E-state index in [1.165, 1.54) is 17.5 Å². The van der Waals surface area contributed by atoms with Gasteiger partial charge in [-0.05, 0) is 35.7 Å². The molecule has 1 atom stereocenters. The van der Waals surface area contributed by atoms with Gasteiger partial charge in [0.25, 0.3) is 0 Å². The van der Waals surface area contributed by atoms with Gasteiger partial charge in [0.05, 0.1) is 4.90 Å². The maximum absolute atomic E-state index is 13.0. The van der Waals surface area contributed by atoms with Gasteiger partial charge in [0.2, 0.25) is 9.84 Å². The van der Waals surface area contributed by atoms with Crippen molar-refractivity contribution in [2.45, 2.75) is 11.8 Å². The van der Waals surface area contributed by atoms with E-state index >= 15 is 0 Å². The Morgan fingerprint density at radius 2 is 2.12 bits per heavy atom. The first-order chi connectivity index (χ1) is 7.45. The molecule has 1 aromatic rings. The van der Waals surface area contributed by atoms with Gasteiger partial charge in [-0.15, -0.1) is 0 Å². The highest BCUT2D eigenvalue weighted by Crippen LogP contribution is 2.37. The van der Waals surface area contributed by atoms with Crippen LogP contribution in [0.1, 0.15) is 12.5 Å². The molecule has 0 radical (unpaired) electrons. The lowest BCUT2D eigenvalue weighted by molar-refractivity contribution is 0.599. The summed E-state index contributed by atoms with van der Waals surface area (Å²) < 4.78 is 36.5. The van der Waals surface area contributed by atoms with Crippen LogP contribution in [0.3, 0.4) is 0 Å². The molecule has 0 saturated heterocycles. The van der Waals surface area contributed by atoms with Crippen molar-refractivity contribution in [3.8, 4) is 0 Å². The molecule has 1 aliphatic heterocycles. The third-order valence-electron chi connectivity index (χ3n) is 2.73. The van der Waals surface area contributed by atoms with Crippen molar-refractivity contribution < 1.29 is 12.8 Å². The lowest BCUT2D eigenvalue weighted by Gasteiger charge is -2.10. The molecular weight excluding hydrogens is 229 g/mol. The summed E-state index contributed by atoms with van der Waals surface area (Å²) in [7, 11) is -3.49. The molecule has 2 N–H and O–H groups in total. The Balaban J connectivity index is 2.65. The van der Waals surface area contributed by atoms with Crippen LogP contribution in [0.4, 0.5) is 4.39 Å². The topological polar surface area (TPSA) is 60.2 Å². The summed E-state index contributed by atoms with van der Waals surface area (Å²) in [6.45, 7) is 2.21. The SMILES string of the molecule is CC(CN)C1=CS(=O)(=O)c2cc(F)ccc21. The molecule has 0 spiro atoms. The van der Waals surface area contributed by atoms with E-state index < -0.39 is 15.7 Å². The maximum atomic E-state index is 13.0. The summed E-state index contributed by atoms with van der Waals surface area (Å²) in [6, 6.07) is 3.81. The minimum Gasteiger partial charge on any atom is -0.330 e. The van der Waals surface area contributed by atoms with Crippen LogP contribution in [-0.4, -0.2) is 15.0 Å². The number of sulfone groups is 1. The summed E-state index contributed by atoms with van der Waals surface area (Å²) in [5.41, 5.74) is 6.75. The number of halogens is 1. The molecule has 1 aliphatic rings. The number of fused-ring (bicyclic) bond motifs is 1. The van der Waals surface area contributed by atoms with Gasteiger partial charge in [0.15, 0.2) is 0 Å². The van der Waals surface area contributed by atoms with E-state index in [-0.39, 0.29) is 10.8 Å². The van der Waals surface area contributed by atoms with E-state index in [1.807, 2.05) is 6.92 Å². The van der Waals surface area contributed by atoms with Crippen molar-refractivity contribution >= 4 is 15.4 Å². The molecule has 1 unspecified atom stereocenters. The monoisotopic (exact) mass is 241 g/mol. The zero-order valence-corrected chi connectivity index (χ0v) is 9.59. The highest BCUT2D eigenvalue weighted by molar-refractivity contribution is 7.95. The normalized spacial score (nSPS) is 19.1. The number of hydrogen-bond donors (Lipinski definition) is 1. The first-order valence-corrected chi connectivity index (χ1v) is 6.47. The third-order valence-corrected chi connectivity index (χ3v) is 4.24. The van der Waals surface area contributed by atoms with Crippen molar-refractivity contribution in [2.75, 3.05) is 6.54 Å². The third kappa shape index (κ3) is 1.66. The van der Waals surface area contributed by atoms with Gasteiger partial charge in [-0.3, -0.25) is 0 Å². The van der Waals surface area contributed by atoms with Crippen molar-refractivity contribution in [3.05, 3.63) is 35.0 Å². The predicted octanol–water partition coefficient (Wildman–Crippen LogP) is 1.55. The quantitative estimate of drug-likeness (QED) is 0.854. The molecule has 5 heteroatoms. The molecule has 16 heavy (non-hydrogen) atoms. The zero-order valence-electron chi connectivity index (χ0n) is 8.77. The van der Waals surface area contributed by atoms with Gasteiger partial charge in [-0.2, -0.15) is 0 Å². The average molecular weight is 241 g/mol. The van der Waals surface area contributed by atoms with Gasteiger partial charge in [-0.25, -0.2) is 12.8 Å². The van der Waals surface area contributed by atoms with E-state index in [2.05, 4.69) is 0 Å². The van der Waals surface area contributed by atoms with Gasteiger partial charge in [-0.1, -0.05) is 13.0 Å². The fourth-order valence-electron chi connectivity index (χ4n) is 1.77. The molecule has 0 aliphatic carbocycles. The molecule has 2 rings (SSSR count). The van der Waals surface area contributed by atoms with Crippen LogP contribution in [0, 0.1) is 11.7 Å². The van der Waals surface area contributed by atoms with Crippen LogP contribution in [0.5, 0.6) is 0 Å². The first-order valence-electron chi connectivity index (χ1n) is 4.92. The fourth-order valence-corrected chi connectivity index (χ4v) is 3.36. The van der Waals surface area contributed by atoms with E-state index in [1.54, 1.807) is 0 Å². The standard InChI is InChI=1S/C11H12FNO2S/c1-7(5-13)10-6-16(14,15)11-4-8(12)2-3-9(10)11/h2-4,6-7H,5,13H2,1H3. The summed E-state index contributed by atoms with van der Waals surface area (Å²) in [5.74, 6) is -0.598. The predicted molar refractivity (Wildman–Crippen MR) is 59.8 cm³/mol. The second kappa shape index (κ2) is 3.68.